The van der Waals surface area contributed by atoms with Crippen LogP contribution in [0.25, 0.3) is 0 Å². The monoisotopic (exact) mass is 543 g/mol. The summed E-state index contributed by atoms with van der Waals surface area (Å²) in [5.74, 6) is 0.919. The fraction of sp³-hybridized carbons (Fsp3) is 0.0500. The first-order valence-electron chi connectivity index (χ1n) is 8.03. The second-order valence-corrected chi connectivity index (χ2v) is 7.19. The number of carbonyl (C=O) groups is 1. The van der Waals surface area contributed by atoms with Crippen molar-refractivity contribution in [2.45, 2.75) is 6.23 Å². The number of benzene rings is 1. The normalized spacial score (nSPS) is 17.4. The predicted molar refractivity (Wildman–Crippen MR) is 108 cm³/mol. The maximum atomic E-state index is 12.6. The Morgan fingerprint density at radius 1 is 1.00 bits per heavy atom. The SMILES string of the molecule is O=C([C]1[CH][CH][CH][CH]1)C(Oc1ccc(Br)cc1Br)n1cncn1.[CH]1[CH][CH][CH][CH]1.[Fe+2]. The molecule has 1 aromatic carbocycles. The molecule has 1 heterocycles. The van der Waals surface area contributed by atoms with Gasteiger partial charge in [-0.2, -0.15) is 5.10 Å². The molecule has 0 spiro atoms. The van der Waals surface area contributed by atoms with E-state index in [1.165, 1.54) is 17.3 Å². The summed E-state index contributed by atoms with van der Waals surface area (Å²) < 4.78 is 8.91. The molecule has 1 unspecified atom stereocenters. The number of carbonyl (C=O) groups excluding carboxylic acids is 1. The van der Waals surface area contributed by atoms with Crippen molar-refractivity contribution < 1.29 is 26.6 Å². The Hall–Kier alpha value is -0.691. The number of hydrogen-bond donors (Lipinski definition) is 0. The summed E-state index contributed by atoms with van der Waals surface area (Å²) in [4.78, 5) is 16.5. The minimum absolute atomic E-state index is 0. The van der Waals surface area contributed by atoms with Gasteiger partial charge >= 0.3 is 17.1 Å². The van der Waals surface area contributed by atoms with Gasteiger partial charge in [-0.15, -0.1) is 0 Å². The average molecular weight is 545 g/mol. The van der Waals surface area contributed by atoms with E-state index in [9.17, 15) is 4.79 Å². The number of ketones is 1. The standard InChI is InChI=1S/C15H10Br2N3O2.C5H5.Fe/c16-11-5-6-13(12(17)7-11)22-15(20-9-18-8-19-20)14(21)10-3-1-2-4-10;1-2-4-5-3-1;/h1-9,15H;1-5H;/q;;+2. The Labute approximate surface area is 193 Å². The molecule has 0 bridgehead atoms. The number of aromatic nitrogens is 3. The van der Waals surface area contributed by atoms with Gasteiger partial charge in [-0.05, 0) is 91.9 Å². The van der Waals surface area contributed by atoms with Gasteiger partial charge in [-0.25, -0.2) is 9.67 Å². The predicted octanol–water partition coefficient (Wildman–Crippen LogP) is 4.37. The van der Waals surface area contributed by atoms with E-state index in [0.717, 1.165) is 8.95 Å². The molecule has 2 fully saturated rings. The maximum Gasteiger partial charge on any atom is 2.00 e. The topological polar surface area (TPSA) is 57.0 Å². The minimum atomic E-state index is -0.914. The van der Waals surface area contributed by atoms with Crippen molar-refractivity contribution >= 4 is 37.6 Å². The van der Waals surface area contributed by atoms with E-state index in [1.807, 2.05) is 44.2 Å². The Kier molecular flexibility index (Phi) is 10.2. The fourth-order valence-corrected chi connectivity index (χ4v) is 3.40. The first kappa shape index (κ1) is 23.6. The summed E-state index contributed by atoms with van der Waals surface area (Å²) in [6.07, 6.45) is 19.0. The van der Waals surface area contributed by atoms with Crippen LogP contribution in [0, 0.1) is 63.7 Å². The summed E-state index contributed by atoms with van der Waals surface area (Å²) in [6, 6.07) is 5.46. The van der Waals surface area contributed by atoms with Gasteiger partial charge in [0, 0.05) is 4.47 Å². The smallest absolute Gasteiger partial charge is 0.460 e. The van der Waals surface area contributed by atoms with E-state index in [1.54, 1.807) is 31.7 Å². The number of ether oxygens (including phenoxy) is 1. The van der Waals surface area contributed by atoms with Gasteiger partial charge in [0.1, 0.15) is 18.4 Å². The van der Waals surface area contributed by atoms with Crippen LogP contribution in [0.15, 0.2) is 39.8 Å². The van der Waals surface area contributed by atoms with Crippen LogP contribution in [0.2, 0.25) is 0 Å². The van der Waals surface area contributed by atoms with Crippen molar-refractivity contribution in [3.8, 4) is 5.75 Å². The molecule has 1 aromatic heterocycles. The van der Waals surface area contributed by atoms with Crippen molar-refractivity contribution in [3.05, 3.63) is 104 Å². The van der Waals surface area contributed by atoms with Crippen LogP contribution >= 0.6 is 31.9 Å². The van der Waals surface area contributed by atoms with Crippen LogP contribution in [-0.4, -0.2) is 20.5 Å². The minimum Gasteiger partial charge on any atom is -0.460 e. The maximum absolute atomic E-state index is 12.6. The van der Waals surface area contributed by atoms with Crippen LogP contribution < -0.4 is 4.74 Å². The molecule has 0 N–H and O–H groups in total. The van der Waals surface area contributed by atoms with Crippen molar-refractivity contribution in [2.75, 3.05) is 0 Å². The summed E-state index contributed by atoms with van der Waals surface area (Å²) in [5.41, 5.74) is 0. The van der Waals surface area contributed by atoms with Crippen molar-refractivity contribution in [2.24, 2.45) is 0 Å². The van der Waals surface area contributed by atoms with Crippen molar-refractivity contribution in [1.29, 1.82) is 0 Å². The van der Waals surface area contributed by atoms with E-state index in [4.69, 9.17) is 4.74 Å². The summed E-state index contributed by atoms with van der Waals surface area (Å²) in [5, 5.41) is 4.03. The molecule has 4 rings (SSSR count). The fourth-order valence-electron chi connectivity index (χ4n) is 2.26. The van der Waals surface area contributed by atoms with Gasteiger partial charge < -0.3 is 4.74 Å². The molecule has 0 aliphatic heterocycles. The third-order valence-corrected chi connectivity index (χ3v) is 4.65. The van der Waals surface area contributed by atoms with Gasteiger partial charge in [0.25, 0.3) is 6.23 Å². The quantitative estimate of drug-likeness (QED) is 0.525. The van der Waals surface area contributed by atoms with E-state index >= 15 is 0 Å². The number of hydrogen-bond acceptors (Lipinski definition) is 4. The number of halogens is 2. The summed E-state index contributed by atoms with van der Waals surface area (Å²) in [7, 11) is 0. The van der Waals surface area contributed by atoms with Crippen LogP contribution in [0.5, 0.6) is 5.75 Å². The van der Waals surface area contributed by atoms with Gasteiger partial charge in [0.15, 0.2) is 0 Å². The Morgan fingerprint density at radius 3 is 2.18 bits per heavy atom. The number of Topliss-reactive ketones (excluding diaryl/α,β-unsaturated/α-hetero) is 1. The largest absolute Gasteiger partial charge is 2.00 e. The van der Waals surface area contributed by atoms with E-state index in [-0.39, 0.29) is 22.9 Å². The molecule has 2 aromatic rings. The molecule has 2 aliphatic carbocycles. The molecule has 28 heavy (non-hydrogen) atoms. The molecule has 1 atom stereocenters. The molecule has 0 saturated heterocycles. The first-order valence-corrected chi connectivity index (χ1v) is 9.62. The number of nitrogens with zero attached hydrogens (tertiary/aromatic N) is 3. The Morgan fingerprint density at radius 2 is 1.64 bits per heavy atom. The van der Waals surface area contributed by atoms with Crippen LogP contribution in [-0.2, 0) is 21.9 Å². The van der Waals surface area contributed by atoms with Crippen molar-refractivity contribution in [1.82, 2.24) is 14.8 Å². The molecule has 0 amide bonds. The molecule has 2 saturated carbocycles. The van der Waals surface area contributed by atoms with E-state index < -0.39 is 6.23 Å². The Bertz CT molecular complexity index is 725. The summed E-state index contributed by atoms with van der Waals surface area (Å²) in [6.45, 7) is 0. The van der Waals surface area contributed by atoms with Crippen LogP contribution in [0.1, 0.15) is 6.23 Å². The van der Waals surface area contributed by atoms with E-state index in [2.05, 4.69) is 41.9 Å². The second kappa shape index (κ2) is 12.1. The zero-order valence-electron chi connectivity index (χ0n) is 14.4. The number of rotatable bonds is 5. The zero-order valence-corrected chi connectivity index (χ0v) is 18.7. The third kappa shape index (κ3) is 6.68. The van der Waals surface area contributed by atoms with Crippen LogP contribution in [0.3, 0.4) is 0 Å². The molecule has 10 radical (unpaired) electrons. The average Bonchev–Trinajstić information content (AvgIpc) is 3.46. The molecular formula is C20H15Br2FeN3O2+2. The first-order chi connectivity index (χ1) is 13.1. The van der Waals surface area contributed by atoms with E-state index in [0.29, 0.717) is 11.7 Å². The summed E-state index contributed by atoms with van der Waals surface area (Å²) >= 11 is 6.81. The van der Waals surface area contributed by atoms with Crippen LogP contribution in [0.4, 0.5) is 0 Å². The molecule has 5 nitrogen and oxygen atoms in total. The molecule has 8 heteroatoms. The third-order valence-electron chi connectivity index (χ3n) is 3.54. The second-order valence-electron chi connectivity index (χ2n) is 5.42. The Balaban J connectivity index is 0.000000408. The molecular weight excluding hydrogens is 530 g/mol. The molecule has 2 aliphatic rings. The molecule has 142 valence electrons. The van der Waals surface area contributed by atoms with Gasteiger partial charge in [0.2, 0.25) is 5.78 Å². The van der Waals surface area contributed by atoms with Gasteiger partial charge in [0.05, 0.1) is 10.4 Å². The van der Waals surface area contributed by atoms with Gasteiger partial charge in [-0.3, -0.25) is 4.79 Å². The zero-order chi connectivity index (χ0) is 19.1. The van der Waals surface area contributed by atoms with Gasteiger partial charge in [-0.1, -0.05) is 15.9 Å². The van der Waals surface area contributed by atoms with Crippen molar-refractivity contribution in [3.63, 3.8) is 0 Å².